The summed E-state index contributed by atoms with van der Waals surface area (Å²) in [5.74, 6) is 0.213. The van der Waals surface area contributed by atoms with Gasteiger partial charge in [0, 0.05) is 25.7 Å². The number of aryl methyl sites for hydroxylation is 1. The number of hydrogen-bond donors (Lipinski definition) is 1. The van der Waals surface area contributed by atoms with E-state index in [0.29, 0.717) is 18.5 Å². The Morgan fingerprint density at radius 1 is 1.60 bits per heavy atom. The van der Waals surface area contributed by atoms with Gasteiger partial charge >= 0.3 is 0 Å². The first-order valence-corrected chi connectivity index (χ1v) is 5.30. The fraction of sp³-hybridized carbons (Fsp3) is 0.600. The van der Waals surface area contributed by atoms with E-state index in [-0.39, 0.29) is 5.91 Å². The van der Waals surface area contributed by atoms with Crippen molar-refractivity contribution in [3.63, 3.8) is 0 Å². The van der Waals surface area contributed by atoms with E-state index in [1.54, 1.807) is 10.9 Å². The lowest BCUT2D eigenvalue weighted by atomic mass is 10.1. The molecule has 1 amide bonds. The van der Waals surface area contributed by atoms with E-state index in [1.807, 2.05) is 18.1 Å². The van der Waals surface area contributed by atoms with E-state index >= 15 is 0 Å². The predicted molar refractivity (Wildman–Crippen MR) is 55.5 cm³/mol. The minimum Gasteiger partial charge on any atom is -0.311 e. The van der Waals surface area contributed by atoms with E-state index in [1.165, 1.54) is 0 Å². The summed E-state index contributed by atoms with van der Waals surface area (Å²) in [4.78, 5) is 13.7. The van der Waals surface area contributed by atoms with Crippen LogP contribution in [0.3, 0.4) is 0 Å². The van der Waals surface area contributed by atoms with E-state index in [2.05, 4.69) is 10.4 Å². The third kappa shape index (κ3) is 1.26. The Bertz CT molecular complexity index is 400. The van der Waals surface area contributed by atoms with Crippen LogP contribution in [0.5, 0.6) is 0 Å². The van der Waals surface area contributed by atoms with Gasteiger partial charge in [-0.25, -0.2) is 0 Å². The van der Waals surface area contributed by atoms with Crippen LogP contribution in [0.2, 0.25) is 0 Å². The molecule has 0 aromatic carbocycles. The number of carbonyl (C=O) groups excluding carboxylic acids is 1. The Morgan fingerprint density at radius 3 is 3.20 bits per heavy atom. The molecule has 15 heavy (non-hydrogen) atoms. The quantitative estimate of drug-likeness (QED) is 0.697. The van der Waals surface area contributed by atoms with E-state index in [9.17, 15) is 4.79 Å². The summed E-state index contributed by atoms with van der Waals surface area (Å²) in [6, 6.07) is 0.680. The van der Waals surface area contributed by atoms with Gasteiger partial charge in [-0.05, 0) is 13.0 Å². The summed E-state index contributed by atoms with van der Waals surface area (Å²) in [5.41, 5.74) is 0.929. The number of hydrogen-bond acceptors (Lipinski definition) is 3. The molecule has 0 bridgehead atoms. The fourth-order valence-electron chi connectivity index (χ4n) is 2.61. The molecule has 1 aromatic heterocycles. The number of aromatic nitrogens is 2. The van der Waals surface area contributed by atoms with Crippen LogP contribution in [0, 0.1) is 0 Å². The largest absolute Gasteiger partial charge is 0.311 e. The van der Waals surface area contributed by atoms with Crippen molar-refractivity contribution in [3.8, 4) is 0 Å². The van der Waals surface area contributed by atoms with Gasteiger partial charge in [-0.2, -0.15) is 5.10 Å². The second-order valence-electron chi connectivity index (χ2n) is 4.26. The van der Waals surface area contributed by atoms with Crippen LogP contribution in [0.25, 0.3) is 0 Å². The second kappa shape index (κ2) is 3.06. The number of fused-ring (bicyclic) bond motifs is 1. The Labute approximate surface area is 88.1 Å². The lowest BCUT2D eigenvalue weighted by molar-refractivity contribution is -0.117. The van der Waals surface area contributed by atoms with E-state index in [4.69, 9.17) is 0 Å². The molecule has 2 fully saturated rings. The van der Waals surface area contributed by atoms with Gasteiger partial charge in [0.25, 0.3) is 0 Å². The number of nitrogens with zero attached hydrogens (tertiary/aromatic N) is 3. The zero-order valence-corrected chi connectivity index (χ0v) is 8.68. The molecule has 1 aromatic rings. The first kappa shape index (κ1) is 8.91. The maximum Gasteiger partial charge on any atom is 0.229 e. The third-order valence-corrected chi connectivity index (χ3v) is 3.28. The minimum absolute atomic E-state index is 0.213. The Morgan fingerprint density at radius 2 is 2.47 bits per heavy atom. The molecule has 0 radical (unpaired) electrons. The number of anilines is 1. The van der Waals surface area contributed by atoms with Crippen LogP contribution in [-0.2, 0) is 11.8 Å². The average Bonchev–Trinajstić information content (AvgIpc) is 2.81. The predicted octanol–water partition coefficient (Wildman–Crippen LogP) is -0.113. The van der Waals surface area contributed by atoms with Gasteiger partial charge in [0.05, 0.1) is 17.9 Å². The lowest BCUT2D eigenvalue weighted by Crippen LogP contribution is -2.35. The highest BCUT2D eigenvalue weighted by atomic mass is 16.2. The van der Waals surface area contributed by atoms with Crippen LogP contribution >= 0.6 is 0 Å². The maximum atomic E-state index is 11.8. The summed E-state index contributed by atoms with van der Waals surface area (Å²) in [5, 5.41) is 7.48. The summed E-state index contributed by atoms with van der Waals surface area (Å²) >= 11 is 0. The van der Waals surface area contributed by atoms with Crippen molar-refractivity contribution in [3.05, 3.63) is 12.4 Å². The average molecular weight is 206 g/mol. The van der Waals surface area contributed by atoms with Crippen LogP contribution in [0.1, 0.15) is 12.8 Å². The normalized spacial score (nSPS) is 29.9. The van der Waals surface area contributed by atoms with E-state index in [0.717, 1.165) is 18.7 Å². The summed E-state index contributed by atoms with van der Waals surface area (Å²) in [6.07, 6.45) is 5.34. The smallest absolute Gasteiger partial charge is 0.229 e. The number of nitrogens with one attached hydrogen (secondary N) is 1. The van der Waals surface area contributed by atoms with Gasteiger partial charge in [0.2, 0.25) is 5.91 Å². The molecular weight excluding hydrogens is 192 g/mol. The van der Waals surface area contributed by atoms with Gasteiger partial charge in [-0.15, -0.1) is 0 Å². The topological polar surface area (TPSA) is 50.2 Å². The molecule has 80 valence electrons. The SMILES string of the molecule is Cn1cc(N2C(=O)C[C@H]3NCC[C@@H]32)cn1. The highest BCUT2D eigenvalue weighted by molar-refractivity contribution is 5.97. The Balaban J connectivity index is 1.94. The van der Waals surface area contributed by atoms with Crippen molar-refractivity contribution < 1.29 is 4.79 Å². The molecule has 2 aliphatic rings. The molecule has 2 aliphatic heterocycles. The number of amides is 1. The summed E-state index contributed by atoms with van der Waals surface area (Å²) in [7, 11) is 1.87. The molecule has 5 heteroatoms. The molecule has 2 saturated heterocycles. The molecule has 0 saturated carbocycles. The molecule has 3 heterocycles. The van der Waals surface area contributed by atoms with Crippen molar-refractivity contribution in [2.75, 3.05) is 11.4 Å². The molecule has 5 nitrogen and oxygen atoms in total. The van der Waals surface area contributed by atoms with E-state index < -0.39 is 0 Å². The van der Waals surface area contributed by atoms with Crippen molar-refractivity contribution in [1.29, 1.82) is 0 Å². The zero-order chi connectivity index (χ0) is 10.4. The van der Waals surface area contributed by atoms with Gasteiger partial charge < -0.3 is 10.2 Å². The van der Waals surface area contributed by atoms with Gasteiger partial charge in [-0.1, -0.05) is 0 Å². The molecular formula is C10H14N4O. The molecule has 0 spiro atoms. The summed E-state index contributed by atoms with van der Waals surface area (Å²) in [6.45, 7) is 1.01. The molecule has 2 atom stereocenters. The third-order valence-electron chi connectivity index (χ3n) is 3.28. The first-order valence-electron chi connectivity index (χ1n) is 5.30. The van der Waals surface area contributed by atoms with Crippen molar-refractivity contribution in [2.24, 2.45) is 7.05 Å². The Kier molecular flexibility index (Phi) is 1.82. The van der Waals surface area contributed by atoms with Gasteiger partial charge in [0.1, 0.15) is 0 Å². The van der Waals surface area contributed by atoms with Crippen molar-refractivity contribution in [1.82, 2.24) is 15.1 Å². The van der Waals surface area contributed by atoms with Crippen LogP contribution in [0.4, 0.5) is 5.69 Å². The monoisotopic (exact) mass is 206 g/mol. The number of carbonyl (C=O) groups is 1. The zero-order valence-electron chi connectivity index (χ0n) is 8.68. The van der Waals surface area contributed by atoms with Crippen LogP contribution in [-0.4, -0.2) is 34.3 Å². The van der Waals surface area contributed by atoms with Crippen molar-refractivity contribution in [2.45, 2.75) is 24.9 Å². The van der Waals surface area contributed by atoms with Gasteiger partial charge in [-0.3, -0.25) is 9.48 Å². The highest BCUT2D eigenvalue weighted by Crippen LogP contribution is 2.30. The van der Waals surface area contributed by atoms with Crippen LogP contribution < -0.4 is 10.2 Å². The van der Waals surface area contributed by atoms with Crippen molar-refractivity contribution >= 4 is 11.6 Å². The first-order chi connectivity index (χ1) is 7.25. The summed E-state index contributed by atoms with van der Waals surface area (Å²) < 4.78 is 1.73. The van der Waals surface area contributed by atoms with Gasteiger partial charge in [0.15, 0.2) is 0 Å². The standard InChI is InChI=1S/C10H14N4O/c1-13-6-7(5-12-13)14-9-2-3-11-8(9)4-10(14)15/h5-6,8-9,11H,2-4H2,1H3/t8-,9+/m1/s1. The number of rotatable bonds is 1. The molecule has 0 aliphatic carbocycles. The molecule has 0 unspecified atom stereocenters. The fourth-order valence-corrected chi connectivity index (χ4v) is 2.61. The lowest BCUT2D eigenvalue weighted by Gasteiger charge is -2.21. The molecule has 1 N–H and O–H groups in total. The Hall–Kier alpha value is -1.36. The maximum absolute atomic E-state index is 11.8. The minimum atomic E-state index is 0.213. The molecule has 3 rings (SSSR count). The second-order valence-corrected chi connectivity index (χ2v) is 4.26. The van der Waals surface area contributed by atoms with Crippen LogP contribution in [0.15, 0.2) is 12.4 Å². The highest BCUT2D eigenvalue weighted by Gasteiger charge is 2.43.